The summed E-state index contributed by atoms with van der Waals surface area (Å²) in [4.78, 5) is 33.4. The summed E-state index contributed by atoms with van der Waals surface area (Å²) in [5.74, 6) is 7.36. The zero-order chi connectivity index (χ0) is 27.4. The van der Waals surface area contributed by atoms with Crippen LogP contribution in [0.15, 0.2) is 71.7 Å². The van der Waals surface area contributed by atoms with E-state index in [4.69, 9.17) is 16.6 Å². The van der Waals surface area contributed by atoms with Gasteiger partial charge in [-0.1, -0.05) is 65.9 Å². The van der Waals surface area contributed by atoms with Crippen LogP contribution in [-0.2, 0) is 6.54 Å². The number of fused-ring (bicyclic) bond motifs is 3. The molecule has 194 valence electrons. The van der Waals surface area contributed by atoms with E-state index in [0.29, 0.717) is 29.1 Å². The van der Waals surface area contributed by atoms with Gasteiger partial charge in [-0.15, -0.1) is 21.5 Å². The molecule has 0 bridgehead atoms. The predicted octanol–water partition coefficient (Wildman–Crippen LogP) is 5.83. The van der Waals surface area contributed by atoms with Crippen LogP contribution in [0.3, 0.4) is 0 Å². The normalized spacial score (nSPS) is 13.8. The number of aromatic nitrogens is 3. The maximum atomic E-state index is 13.2. The Balaban J connectivity index is 1.19. The van der Waals surface area contributed by atoms with Crippen molar-refractivity contribution in [3.05, 3.63) is 111 Å². The Morgan fingerprint density at radius 3 is 2.40 bits per heavy atom. The first-order valence-electron chi connectivity index (χ1n) is 12.7. The number of imide groups is 1. The van der Waals surface area contributed by atoms with E-state index in [9.17, 15) is 9.59 Å². The lowest BCUT2D eigenvalue weighted by molar-refractivity contribution is 0.0614. The van der Waals surface area contributed by atoms with Gasteiger partial charge in [0.1, 0.15) is 17.4 Å². The molecule has 40 heavy (non-hydrogen) atoms. The lowest BCUT2D eigenvalue weighted by Crippen LogP contribution is -2.40. The third-order valence-corrected chi connectivity index (χ3v) is 8.46. The molecule has 0 saturated carbocycles. The standard InChI is InChI=1S/C31H20ClN5O2S/c1-18-34-35-26-17-33-28(21-11-2-3-14-25(21)32)24-16-20(40-31(24)37(18)26)10-4-5-15-36-29(38)22-12-6-8-19-9-7-13-23(27(19)22)30(36)39/h2-3,6-9,11-14,16H,5,15,17H2,1H3. The molecular weight excluding hydrogens is 542 g/mol. The highest BCUT2D eigenvalue weighted by Crippen LogP contribution is 2.34. The second kappa shape index (κ2) is 9.56. The number of thiophene rings is 1. The first kappa shape index (κ1) is 24.5. The molecule has 0 aliphatic carbocycles. The van der Waals surface area contributed by atoms with Crippen molar-refractivity contribution in [3.8, 4) is 16.8 Å². The van der Waals surface area contributed by atoms with Gasteiger partial charge in [-0.3, -0.25) is 24.0 Å². The second-order valence-electron chi connectivity index (χ2n) is 9.50. The topological polar surface area (TPSA) is 80.5 Å². The average Bonchev–Trinajstić information content (AvgIpc) is 3.50. The maximum Gasteiger partial charge on any atom is 0.261 e. The molecule has 2 aliphatic heterocycles. The molecule has 0 unspecified atom stereocenters. The van der Waals surface area contributed by atoms with Crippen molar-refractivity contribution in [3.63, 3.8) is 0 Å². The van der Waals surface area contributed by atoms with E-state index in [1.54, 1.807) is 12.1 Å². The molecule has 3 aromatic carbocycles. The number of nitrogens with zero attached hydrogens (tertiary/aromatic N) is 5. The van der Waals surface area contributed by atoms with Gasteiger partial charge in [0.15, 0.2) is 5.82 Å². The maximum absolute atomic E-state index is 13.2. The summed E-state index contributed by atoms with van der Waals surface area (Å²) in [6.07, 6.45) is 0.348. The van der Waals surface area contributed by atoms with E-state index < -0.39 is 0 Å². The highest BCUT2D eigenvalue weighted by Gasteiger charge is 2.32. The summed E-state index contributed by atoms with van der Waals surface area (Å²) in [6.45, 7) is 2.51. The Morgan fingerprint density at radius 2 is 1.65 bits per heavy atom. The first-order valence-corrected chi connectivity index (χ1v) is 13.9. The molecule has 2 aliphatic rings. The molecule has 0 spiro atoms. The molecule has 0 radical (unpaired) electrons. The summed E-state index contributed by atoms with van der Waals surface area (Å²) >= 11 is 8.08. The van der Waals surface area contributed by atoms with Crippen LogP contribution in [0.5, 0.6) is 0 Å². The van der Waals surface area contributed by atoms with Crippen LogP contribution < -0.4 is 0 Å². The molecule has 0 saturated heterocycles. The van der Waals surface area contributed by atoms with Crippen molar-refractivity contribution in [2.45, 2.75) is 19.9 Å². The number of hydrogen-bond donors (Lipinski definition) is 0. The number of amides is 2. The molecule has 0 atom stereocenters. The van der Waals surface area contributed by atoms with E-state index in [-0.39, 0.29) is 18.4 Å². The lowest BCUT2D eigenvalue weighted by atomic mass is 9.94. The molecule has 9 heteroatoms. The molecule has 7 rings (SSSR count). The Hall–Kier alpha value is -4.58. The number of carbonyl (C=O) groups excluding carboxylic acids is 2. The highest BCUT2D eigenvalue weighted by atomic mass is 35.5. The van der Waals surface area contributed by atoms with Crippen molar-refractivity contribution in [2.24, 2.45) is 4.99 Å². The van der Waals surface area contributed by atoms with E-state index in [1.807, 2.05) is 66.1 Å². The van der Waals surface area contributed by atoms with Gasteiger partial charge in [-0.05, 0) is 36.6 Å². The van der Waals surface area contributed by atoms with Crippen molar-refractivity contribution in [1.82, 2.24) is 19.7 Å². The van der Waals surface area contributed by atoms with E-state index in [0.717, 1.165) is 49.1 Å². The van der Waals surface area contributed by atoms with Gasteiger partial charge >= 0.3 is 0 Å². The summed E-state index contributed by atoms with van der Waals surface area (Å²) in [7, 11) is 0. The van der Waals surface area contributed by atoms with E-state index >= 15 is 0 Å². The van der Waals surface area contributed by atoms with E-state index in [2.05, 4.69) is 22.0 Å². The quantitative estimate of drug-likeness (QED) is 0.205. The number of carbonyl (C=O) groups is 2. The van der Waals surface area contributed by atoms with Gasteiger partial charge in [0.25, 0.3) is 11.8 Å². The predicted molar refractivity (Wildman–Crippen MR) is 156 cm³/mol. The number of hydrogen-bond acceptors (Lipinski definition) is 6. The smallest absolute Gasteiger partial charge is 0.261 e. The number of aryl methyl sites for hydroxylation is 1. The minimum atomic E-state index is -0.282. The molecule has 0 N–H and O–H groups in total. The van der Waals surface area contributed by atoms with Gasteiger partial charge in [0.2, 0.25) is 0 Å². The molecular formula is C31H20ClN5O2S. The molecule has 2 aromatic heterocycles. The molecule has 4 heterocycles. The van der Waals surface area contributed by atoms with Gasteiger partial charge in [-0.2, -0.15) is 0 Å². The third kappa shape index (κ3) is 3.86. The highest BCUT2D eigenvalue weighted by molar-refractivity contribution is 7.15. The third-order valence-electron chi connectivity index (χ3n) is 7.10. The van der Waals surface area contributed by atoms with Crippen LogP contribution in [0.1, 0.15) is 54.8 Å². The van der Waals surface area contributed by atoms with E-state index in [1.165, 1.54) is 16.2 Å². The van der Waals surface area contributed by atoms with Crippen molar-refractivity contribution >= 4 is 51.2 Å². The monoisotopic (exact) mass is 561 g/mol. The Bertz CT molecular complexity index is 1930. The zero-order valence-electron chi connectivity index (χ0n) is 21.3. The summed E-state index contributed by atoms with van der Waals surface area (Å²) in [5.41, 5.74) is 3.64. The molecule has 5 aromatic rings. The van der Waals surface area contributed by atoms with Crippen LogP contribution in [0.4, 0.5) is 0 Å². The summed E-state index contributed by atoms with van der Waals surface area (Å²) in [5, 5.41) is 11.7. The average molecular weight is 562 g/mol. The zero-order valence-corrected chi connectivity index (χ0v) is 22.9. The summed E-state index contributed by atoms with van der Waals surface area (Å²) in [6, 6.07) is 20.7. The fourth-order valence-corrected chi connectivity index (χ4v) is 6.60. The largest absolute Gasteiger partial charge is 0.276 e. The second-order valence-corrected chi connectivity index (χ2v) is 10.9. The fraction of sp³-hybridized carbons (Fsp3) is 0.129. The van der Waals surface area contributed by atoms with Gasteiger partial charge < -0.3 is 0 Å². The minimum Gasteiger partial charge on any atom is -0.276 e. The SMILES string of the molecule is Cc1nnc2n1-c1sc(C#CCCN3C(=O)c4cccc5cccc(c45)C3=O)cc1C(c1ccccc1Cl)=NC2. The number of aliphatic imine (C=N–C) groups is 1. The number of benzene rings is 3. The number of halogens is 1. The number of rotatable bonds is 3. The van der Waals surface area contributed by atoms with Gasteiger partial charge in [0, 0.05) is 45.6 Å². The van der Waals surface area contributed by atoms with Crippen molar-refractivity contribution < 1.29 is 9.59 Å². The van der Waals surface area contributed by atoms with Crippen LogP contribution in [0.2, 0.25) is 5.02 Å². The Kier molecular flexibility index (Phi) is 5.84. The van der Waals surface area contributed by atoms with Gasteiger partial charge in [0.05, 0.1) is 10.6 Å². The summed E-state index contributed by atoms with van der Waals surface area (Å²) < 4.78 is 2.02. The fourth-order valence-electron chi connectivity index (χ4n) is 5.27. The Morgan fingerprint density at radius 1 is 0.925 bits per heavy atom. The molecule has 7 nitrogen and oxygen atoms in total. The minimum absolute atomic E-state index is 0.210. The van der Waals surface area contributed by atoms with Crippen LogP contribution in [0, 0.1) is 18.8 Å². The van der Waals surface area contributed by atoms with Crippen molar-refractivity contribution in [2.75, 3.05) is 6.54 Å². The first-order chi connectivity index (χ1) is 19.5. The molecule has 2 amide bonds. The Labute approximate surface area is 238 Å². The van der Waals surface area contributed by atoms with Crippen molar-refractivity contribution in [1.29, 1.82) is 0 Å². The van der Waals surface area contributed by atoms with Crippen LogP contribution in [-0.4, -0.2) is 43.7 Å². The van der Waals surface area contributed by atoms with Crippen LogP contribution in [0.25, 0.3) is 15.8 Å². The lowest BCUT2D eigenvalue weighted by Gasteiger charge is -2.26. The van der Waals surface area contributed by atoms with Gasteiger partial charge in [-0.25, -0.2) is 0 Å². The molecule has 0 fully saturated rings. The van der Waals surface area contributed by atoms with Crippen LogP contribution >= 0.6 is 22.9 Å².